The molecule has 1 aromatic rings. The van der Waals surface area contributed by atoms with Gasteiger partial charge in [0.05, 0.1) is 11.2 Å². The molecule has 1 fully saturated rings. The number of aromatic nitrogens is 1. The molecule has 1 N–H and O–H groups in total. The number of fused-ring (bicyclic) bond motifs is 2. The summed E-state index contributed by atoms with van der Waals surface area (Å²) >= 11 is 0. The van der Waals surface area contributed by atoms with E-state index in [-0.39, 0.29) is 5.54 Å². The maximum Gasteiger partial charge on any atom is 0.0796 e. The quantitative estimate of drug-likeness (QED) is 0.678. The van der Waals surface area contributed by atoms with E-state index in [0.717, 1.165) is 0 Å². The van der Waals surface area contributed by atoms with Gasteiger partial charge in [-0.1, -0.05) is 18.2 Å². The van der Waals surface area contributed by atoms with Gasteiger partial charge in [-0.2, -0.15) is 0 Å². The van der Waals surface area contributed by atoms with Gasteiger partial charge in [-0.05, 0) is 31.4 Å². The van der Waals surface area contributed by atoms with Crippen LogP contribution in [0, 0.1) is 0 Å². The largest absolute Gasteiger partial charge is 0.300 e. The highest BCUT2D eigenvalue weighted by atomic mass is 15.1. The molecular formula is C12H14N2. The number of rotatable bonds is 1. The monoisotopic (exact) mass is 186 g/mol. The highest BCUT2D eigenvalue weighted by Crippen LogP contribution is 2.37. The van der Waals surface area contributed by atoms with E-state index >= 15 is 0 Å². The summed E-state index contributed by atoms with van der Waals surface area (Å²) < 4.78 is 0. The smallest absolute Gasteiger partial charge is 0.0796 e. The second kappa shape index (κ2) is 2.92. The first-order valence-corrected chi connectivity index (χ1v) is 5.26. The van der Waals surface area contributed by atoms with E-state index in [0.29, 0.717) is 6.04 Å². The van der Waals surface area contributed by atoms with Crippen LogP contribution in [0.4, 0.5) is 0 Å². The van der Waals surface area contributed by atoms with E-state index in [1.54, 1.807) is 0 Å². The van der Waals surface area contributed by atoms with Crippen molar-refractivity contribution in [3.05, 3.63) is 42.2 Å². The zero-order chi connectivity index (χ0) is 9.43. The second-order valence-corrected chi connectivity index (χ2v) is 4.20. The molecular weight excluding hydrogens is 172 g/mol. The molecule has 2 nitrogen and oxygen atoms in total. The number of nitrogens with one attached hydrogen (secondary N) is 1. The van der Waals surface area contributed by atoms with Gasteiger partial charge in [0.1, 0.15) is 0 Å². The molecule has 2 aliphatic heterocycles. The first-order valence-electron chi connectivity index (χ1n) is 5.26. The Morgan fingerprint density at radius 1 is 1.43 bits per heavy atom. The first-order chi connectivity index (χ1) is 6.89. The van der Waals surface area contributed by atoms with Crippen molar-refractivity contribution in [1.82, 2.24) is 10.3 Å². The van der Waals surface area contributed by atoms with Crippen LogP contribution in [0.25, 0.3) is 0 Å². The first kappa shape index (κ1) is 8.18. The minimum atomic E-state index is 0.0458. The molecule has 1 aromatic heterocycles. The van der Waals surface area contributed by atoms with Gasteiger partial charge in [-0.25, -0.2) is 0 Å². The summed E-state index contributed by atoms with van der Waals surface area (Å²) in [6, 6.07) is 6.82. The molecule has 0 aliphatic carbocycles. The SMILES string of the molecule is C1=CC2(c3ccccn3)CCC(C1)N2. The Morgan fingerprint density at radius 3 is 3.29 bits per heavy atom. The fourth-order valence-electron chi connectivity index (χ4n) is 2.57. The molecule has 0 amide bonds. The molecule has 72 valence electrons. The molecule has 2 unspecified atom stereocenters. The second-order valence-electron chi connectivity index (χ2n) is 4.20. The summed E-state index contributed by atoms with van der Waals surface area (Å²) in [6.07, 6.45) is 10.1. The van der Waals surface area contributed by atoms with Crippen molar-refractivity contribution in [1.29, 1.82) is 0 Å². The normalized spacial score (nSPS) is 34.7. The lowest BCUT2D eigenvalue weighted by molar-refractivity contribution is 0.427. The van der Waals surface area contributed by atoms with Crippen molar-refractivity contribution in [2.75, 3.05) is 0 Å². The zero-order valence-electron chi connectivity index (χ0n) is 8.11. The Kier molecular flexibility index (Phi) is 1.71. The lowest BCUT2D eigenvalue weighted by Crippen LogP contribution is -2.41. The van der Waals surface area contributed by atoms with E-state index in [4.69, 9.17) is 0 Å². The summed E-state index contributed by atoms with van der Waals surface area (Å²) in [5.74, 6) is 0. The standard InChI is InChI=1S/C12H14N2/c1-2-9-13-11(5-1)12-7-3-4-10(14-12)6-8-12/h1-3,5,7,9-10,14H,4,6,8H2. The molecule has 0 saturated carbocycles. The van der Waals surface area contributed by atoms with Gasteiger partial charge in [-0.3, -0.25) is 10.3 Å². The van der Waals surface area contributed by atoms with Gasteiger partial charge in [0.15, 0.2) is 0 Å². The van der Waals surface area contributed by atoms with E-state index in [1.807, 2.05) is 12.3 Å². The lowest BCUT2D eigenvalue weighted by Gasteiger charge is -2.29. The number of pyridine rings is 1. The highest BCUT2D eigenvalue weighted by Gasteiger charge is 2.40. The van der Waals surface area contributed by atoms with Crippen molar-refractivity contribution >= 4 is 0 Å². The van der Waals surface area contributed by atoms with Crippen LogP contribution >= 0.6 is 0 Å². The van der Waals surface area contributed by atoms with E-state index in [9.17, 15) is 0 Å². The minimum Gasteiger partial charge on any atom is -0.300 e. The lowest BCUT2D eigenvalue weighted by atomic mass is 9.92. The molecule has 3 heterocycles. The summed E-state index contributed by atoms with van der Waals surface area (Å²) in [5, 5.41) is 3.67. The Labute approximate surface area is 84.1 Å². The van der Waals surface area contributed by atoms with Gasteiger partial charge in [0.2, 0.25) is 0 Å². The maximum atomic E-state index is 4.46. The van der Waals surface area contributed by atoms with Crippen LogP contribution in [0.2, 0.25) is 0 Å². The molecule has 14 heavy (non-hydrogen) atoms. The molecule has 0 aromatic carbocycles. The summed E-state index contributed by atoms with van der Waals surface area (Å²) in [5.41, 5.74) is 1.21. The van der Waals surface area contributed by atoms with Gasteiger partial charge in [-0.15, -0.1) is 0 Å². The topological polar surface area (TPSA) is 24.9 Å². The number of nitrogens with zero attached hydrogens (tertiary/aromatic N) is 1. The fourth-order valence-corrected chi connectivity index (χ4v) is 2.57. The van der Waals surface area contributed by atoms with Gasteiger partial charge in [0.25, 0.3) is 0 Å². The molecule has 2 bridgehead atoms. The van der Waals surface area contributed by atoms with Crippen LogP contribution in [-0.4, -0.2) is 11.0 Å². The summed E-state index contributed by atoms with van der Waals surface area (Å²) in [4.78, 5) is 4.46. The van der Waals surface area contributed by atoms with Crippen molar-refractivity contribution in [3.8, 4) is 0 Å². The zero-order valence-corrected chi connectivity index (χ0v) is 8.11. The fraction of sp³-hybridized carbons (Fsp3) is 0.417. The molecule has 3 rings (SSSR count). The van der Waals surface area contributed by atoms with Crippen molar-refractivity contribution < 1.29 is 0 Å². The maximum absolute atomic E-state index is 4.46. The molecule has 0 spiro atoms. The third-order valence-corrected chi connectivity index (χ3v) is 3.29. The van der Waals surface area contributed by atoms with Crippen LogP contribution in [0.1, 0.15) is 25.0 Å². The van der Waals surface area contributed by atoms with Crippen molar-refractivity contribution in [3.63, 3.8) is 0 Å². The van der Waals surface area contributed by atoms with Crippen LogP contribution in [-0.2, 0) is 5.54 Å². The number of hydrogen-bond donors (Lipinski definition) is 1. The van der Waals surface area contributed by atoms with Crippen LogP contribution in [0.3, 0.4) is 0 Å². The summed E-state index contributed by atoms with van der Waals surface area (Å²) in [6.45, 7) is 0. The van der Waals surface area contributed by atoms with Gasteiger partial charge >= 0.3 is 0 Å². The Morgan fingerprint density at radius 2 is 2.43 bits per heavy atom. The molecule has 0 radical (unpaired) electrons. The minimum absolute atomic E-state index is 0.0458. The van der Waals surface area contributed by atoms with E-state index in [2.05, 4.69) is 34.6 Å². The Balaban J connectivity index is 2.05. The predicted molar refractivity (Wildman–Crippen MR) is 55.8 cm³/mol. The van der Waals surface area contributed by atoms with E-state index < -0.39 is 0 Å². The van der Waals surface area contributed by atoms with Crippen LogP contribution in [0.15, 0.2) is 36.5 Å². The van der Waals surface area contributed by atoms with Gasteiger partial charge in [0, 0.05) is 12.2 Å². The van der Waals surface area contributed by atoms with Gasteiger partial charge < -0.3 is 0 Å². The van der Waals surface area contributed by atoms with Crippen molar-refractivity contribution in [2.24, 2.45) is 0 Å². The average Bonchev–Trinajstić information content (AvgIpc) is 2.57. The third kappa shape index (κ3) is 1.11. The molecule has 2 heteroatoms. The average molecular weight is 186 g/mol. The highest BCUT2D eigenvalue weighted by molar-refractivity contribution is 5.28. The Hall–Kier alpha value is -1.15. The predicted octanol–water partition coefficient (Wildman–Crippen LogP) is 1.99. The van der Waals surface area contributed by atoms with Crippen molar-refractivity contribution in [2.45, 2.75) is 30.8 Å². The van der Waals surface area contributed by atoms with Crippen LogP contribution in [0.5, 0.6) is 0 Å². The third-order valence-electron chi connectivity index (χ3n) is 3.29. The summed E-state index contributed by atoms with van der Waals surface area (Å²) in [7, 11) is 0. The van der Waals surface area contributed by atoms with Crippen LogP contribution < -0.4 is 5.32 Å². The van der Waals surface area contributed by atoms with E-state index in [1.165, 1.54) is 25.0 Å². The number of hydrogen-bond acceptors (Lipinski definition) is 2. The Bertz CT molecular complexity index is 358. The molecule has 2 aliphatic rings. The molecule has 1 saturated heterocycles. The molecule has 2 atom stereocenters.